The number of aryl methyl sites for hydroxylation is 3. The van der Waals surface area contributed by atoms with E-state index in [1.807, 2.05) is 39.0 Å². The summed E-state index contributed by atoms with van der Waals surface area (Å²) >= 11 is 1.40. The molecular weight excluding hydrogens is 298 g/mol. The van der Waals surface area contributed by atoms with Gasteiger partial charge >= 0.3 is 0 Å². The molecule has 1 N–H and O–H groups in total. The third kappa shape index (κ3) is 2.78. The summed E-state index contributed by atoms with van der Waals surface area (Å²) in [5, 5.41) is 3.80. The standard InChI is InChI=1S/C16H15N3O2S/c1-9-6-12(4-5-13(9)14-7-17-8-21-14)19-16(20)15-10(2)18-11(3)22-15/h4-8H,1-3H3,(H,19,20). The number of amides is 1. The van der Waals surface area contributed by atoms with E-state index in [0.29, 0.717) is 10.6 Å². The van der Waals surface area contributed by atoms with E-state index in [9.17, 15) is 4.79 Å². The third-order valence-corrected chi connectivity index (χ3v) is 4.36. The summed E-state index contributed by atoms with van der Waals surface area (Å²) in [4.78, 5) is 21.1. The van der Waals surface area contributed by atoms with Crippen LogP contribution in [0.4, 0.5) is 5.69 Å². The number of thiazole rings is 1. The highest BCUT2D eigenvalue weighted by molar-refractivity contribution is 7.13. The smallest absolute Gasteiger partial charge is 0.267 e. The molecule has 1 aromatic carbocycles. The van der Waals surface area contributed by atoms with Crippen LogP contribution >= 0.6 is 11.3 Å². The molecule has 0 aliphatic heterocycles. The number of carbonyl (C=O) groups is 1. The van der Waals surface area contributed by atoms with Crippen LogP contribution in [0.1, 0.15) is 25.9 Å². The van der Waals surface area contributed by atoms with Gasteiger partial charge in [-0.1, -0.05) is 0 Å². The van der Waals surface area contributed by atoms with E-state index in [1.165, 1.54) is 17.7 Å². The highest BCUT2D eigenvalue weighted by atomic mass is 32.1. The van der Waals surface area contributed by atoms with Gasteiger partial charge in [-0.15, -0.1) is 11.3 Å². The number of benzene rings is 1. The Hall–Kier alpha value is -2.47. The first kappa shape index (κ1) is 14.5. The Morgan fingerprint density at radius 1 is 1.27 bits per heavy atom. The zero-order valence-electron chi connectivity index (χ0n) is 12.5. The van der Waals surface area contributed by atoms with Gasteiger partial charge in [-0.3, -0.25) is 4.79 Å². The van der Waals surface area contributed by atoms with E-state index < -0.39 is 0 Å². The van der Waals surface area contributed by atoms with E-state index in [1.54, 1.807) is 6.20 Å². The Balaban J connectivity index is 1.83. The van der Waals surface area contributed by atoms with Gasteiger partial charge in [0.25, 0.3) is 5.91 Å². The number of carbonyl (C=O) groups excluding carboxylic acids is 1. The maximum atomic E-state index is 12.3. The molecule has 2 heterocycles. The highest BCUT2D eigenvalue weighted by Gasteiger charge is 2.14. The van der Waals surface area contributed by atoms with Crippen LogP contribution in [0.25, 0.3) is 11.3 Å². The van der Waals surface area contributed by atoms with Crippen molar-refractivity contribution in [3.8, 4) is 11.3 Å². The molecule has 112 valence electrons. The lowest BCUT2D eigenvalue weighted by Crippen LogP contribution is -2.11. The van der Waals surface area contributed by atoms with Crippen molar-refractivity contribution in [1.29, 1.82) is 0 Å². The van der Waals surface area contributed by atoms with Crippen LogP contribution < -0.4 is 5.32 Å². The molecule has 3 aromatic rings. The van der Waals surface area contributed by atoms with Crippen molar-refractivity contribution in [3.63, 3.8) is 0 Å². The Bertz CT molecular complexity index is 822. The van der Waals surface area contributed by atoms with Crippen LogP contribution in [-0.2, 0) is 0 Å². The van der Waals surface area contributed by atoms with Gasteiger partial charge in [-0.2, -0.15) is 0 Å². The molecular formula is C16H15N3O2S. The molecule has 0 unspecified atom stereocenters. The lowest BCUT2D eigenvalue weighted by molar-refractivity contribution is 0.103. The molecule has 0 radical (unpaired) electrons. The largest absolute Gasteiger partial charge is 0.444 e. The summed E-state index contributed by atoms with van der Waals surface area (Å²) < 4.78 is 5.30. The van der Waals surface area contributed by atoms with Crippen molar-refractivity contribution in [2.45, 2.75) is 20.8 Å². The van der Waals surface area contributed by atoms with E-state index in [2.05, 4.69) is 15.3 Å². The van der Waals surface area contributed by atoms with E-state index >= 15 is 0 Å². The second-order valence-electron chi connectivity index (χ2n) is 5.00. The van der Waals surface area contributed by atoms with E-state index in [0.717, 1.165) is 27.5 Å². The van der Waals surface area contributed by atoms with Gasteiger partial charge < -0.3 is 9.73 Å². The van der Waals surface area contributed by atoms with Crippen molar-refractivity contribution in [1.82, 2.24) is 9.97 Å². The van der Waals surface area contributed by atoms with Crippen molar-refractivity contribution >= 4 is 22.9 Å². The average molecular weight is 313 g/mol. The number of hydrogen-bond acceptors (Lipinski definition) is 5. The first-order valence-electron chi connectivity index (χ1n) is 6.79. The normalized spacial score (nSPS) is 10.7. The molecule has 0 saturated heterocycles. The zero-order chi connectivity index (χ0) is 15.7. The lowest BCUT2D eigenvalue weighted by atomic mass is 10.1. The maximum absolute atomic E-state index is 12.3. The molecule has 2 aromatic heterocycles. The van der Waals surface area contributed by atoms with E-state index in [-0.39, 0.29) is 5.91 Å². The molecule has 0 atom stereocenters. The minimum Gasteiger partial charge on any atom is -0.444 e. The summed E-state index contributed by atoms with van der Waals surface area (Å²) in [7, 11) is 0. The number of nitrogens with zero attached hydrogens (tertiary/aromatic N) is 2. The fourth-order valence-corrected chi connectivity index (χ4v) is 3.11. The summed E-state index contributed by atoms with van der Waals surface area (Å²) in [6.07, 6.45) is 3.07. The Morgan fingerprint density at radius 3 is 2.68 bits per heavy atom. The summed E-state index contributed by atoms with van der Waals surface area (Å²) in [5.41, 5.74) is 3.47. The SMILES string of the molecule is Cc1nc(C)c(C(=O)Nc2ccc(-c3cnco3)c(C)c2)s1. The van der Waals surface area contributed by atoms with Crippen LogP contribution in [0.15, 0.2) is 35.2 Å². The predicted molar refractivity (Wildman–Crippen MR) is 86.2 cm³/mol. The number of oxazole rings is 1. The number of anilines is 1. The highest BCUT2D eigenvalue weighted by Crippen LogP contribution is 2.26. The lowest BCUT2D eigenvalue weighted by Gasteiger charge is -2.08. The average Bonchev–Trinajstić information content (AvgIpc) is 3.08. The number of aromatic nitrogens is 2. The number of rotatable bonds is 3. The summed E-state index contributed by atoms with van der Waals surface area (Å²) in [6.45, 7) is 5.71. The van der Waals surface area contributed by atoms with Crippen molar-refractivity contribution < 1.29 is 9.21 Å². The van der Waals surface area contributed by atoms with Gasteiger partial charge in [0, 0.05) is 11.3 Å². The zero-order valence-corrected chi connectivity index (χ0v) is 13.3. The Kier molecular flexibility index (Phi) is 3.77. The number of nitrogens with one attached hydrogen (secondary N) is 1. The molecule has 22 heavy (non-hydrogen) atoms. The van der Waals surface area contributed by atoms with Crippen LogP contribution in [0, 0.1) is 20.8 Å². The van der Waals surface area contributed by atoms with Gasteiger partial charge in [-0.25, -0.2) is 9.97 Å². The number of hydrogen-bond donors (Lipinski definition) is 1. The molecule has 1 amide bonds. The Labute approximate surface area is 132 Å². The second-order valence-corrected chi connectivity index (χ2v) is 6.20. The van der Waals surface area contributed by atoms with Crippen molar-refractivity contribution in [2.24, 2.45) is 0 Å². The molecule has 0 fully saturated rings. The fraction of sp³-hybridized carbons (Fsp3) is 0.188. The minimum absolute atomic E-state index is 0.130. The monoisotopic (exact) mass is 313 g/mol. The molecule has 3 rings (SSSR count). The van der Waals surface area contributed by atoms with E-state index in [4.69, 9.17) is 4.42 Å². The van der Waals surface area contributed by atoms with Gasteiger partial charge in [0.05, 0.1) is 16.9 Å². The fourth-order valence-electron chi connectivity index (χ4n) is 2.30. The molecule has 0 aliphatic carbocycles. The summed E-state index contributed by atoms with van der Waals surface area (Å²) in [6, 6.07) is 5.68. The predicted octanol–water partition coefficient (Wildman–Crippen LogP) is 3.98. The first-order valence-corrected chi connectivity index (χ1v) is 7.61. The molecule has 0 bridgehead atoms. The minimum atomic E-state index is -0.130. The maximum Gasteiger partial charge on any atom is 0.267 e. The molecule has 6 heteroatoms. The molecule has 5 nitrogen and oxygen atoms in total. The van der Waals surface area contributed by atoms with Gasteiger partial charge in [0.2, 0.25) is 0 Å². The molecule has 0 aliphatic rings. The summed E-state index contributed by atoms with van der Waals surface area (Å²) in [5.74, 6) is 0.583. The Morgan fingerprint density at radius 2 is 2.09 bits per heavy atom. The quantitative estimate of drug-likeness (QED) is 0.794. The second kappa shape index (κ2) is 5.73. The third-order valence-electron chi connectivity index (χ3n) is 3.29. The van der Waals surface area contributed by atoms with Crippen LogP contribution in [0.2, 0.25) is 0 Å². The molecule has 0 spiro atoms. The topological polar surface area (TPSA) is 68.0 Å². The van der Waals surface area contributed by atoms with Crippen molar-refractivity contribution in [3.05, 3.63) is 51.9 Å². The van der Waals surface area contributed by atoms with Crippen LogP contribution in [-0.4, -0.2) is 15.9 Å². The van der Waals surface area contributed by atoms with Crippen LogP contribution in [0.3, 0.4) is 0 Å². The van der Waals surface area contributed by atoms with Crippen LogP contribution in [0.5, 0.6) is 0 Å². The van der Waals surface area contributed by atoms with Gasteiger partial charge in [0.1, 0.15) is 4.88 Å². The first-order chi connectivity index (χ1) is 10.5. The van der Waals surface area contributed by atoms with Gasteiger partial charge in [-0.05, 0) is 44.5 Å². The van der Waals surface area contributed by atoms with Crippen molar-refractivity contribution in [2.75, 3.05) is 5.32 Å². The van der Waals surface area contributed by atoms with Gasteiger partial charge in [0.15, 0.2) is 12.2 Å². The molecule has 0 saturated carbocycles.